The third kappa shape index (κ3) is 4.19. The molecule has 0 aliphatic rings. The smallest absolute Gasteiger partial charge is 0.251 e. The molecular formula is C17H20N2O. The maximum atomic E-state index is 11.9. The Labute approximate surface area is 120 Å². The van der Waals surface area contributed by atoms with E-state index in [2.05, 4.69) is 41.5 Å². The predicted octanol–water partition coefficient (Wildman–Crippen LogP) is 3.35. The van der Waals surface area contributed by atoms with Gasteiger partial charge in [-0.1, -0.05) is 37.6 Å². The molecule has 1 aromatic heterocycles. The van der Waals surface area contributed by atoms with Gasteiger partial charge in [0.2, 0.25) is 0 Å². The second-order valence-electron chi connectivity index (χ2n) is 4.84. The molecule has 20 heavy (non-hydrogen) atoms. The van der Waals surface area contributed by atoms with Crippen molar-refractivity contribution in [3.8, 4) is 0 Å². The van der Waals surface area contributed by atoms with E-state index < -0.39 is 0 Å². The number of hydrogen-bond acceptors (Lipinski definition) is 2. The Bertz CT molecular complexity index is 535. The molecular weight excluding hydrogens is 248 g/mol. The van der Waals surface area contributed by atoms with Gasteiger partial charge < -0.3 is 5.32 Å². The van der Waals surface area contributed by atoms with Crippen molar-refractivity contribution in [1.29, 1.82) is 0 Å². The molecule has 0 spiro atoms. The number of rotatable bonds is 6. The highest BCUT2D eigenvalue weighted by molar-refractivity contribution is 5.93. The van der Waals surface area contributed by atoms with Crippen LogP contribution in [0.1, 0.15) is 41.3 Å². The van der Waals surface area contributed by atoms with Gasteiger partial charge in [-0.15, -0.1) is 0 Å². The van der Waals surface area contributed by atoms with E-state index in [1.807, 2.05) is 0 Å². The van der Waals surface area contributed by atoms with Crippen LogP contribution in [0.5, 0.6) is 0 Å². The first-order valence-electron chi connectivity index (χ1n) is 7.05. The lowest BCUT2D eigenvalue weighted by Gasteiger charge is -2.06. The second-order valence-corrected chi connectivity index (χ2v) is 4.84. The summed E-state index contributed by atoms with van der Waals surface area (Å²) >= 11 is 0. The minimum absolute atomic E-state index is 0.0672. The average Bonchev–Trinajstić information content (AvgIpc) is 2.52. The van der Waals surface area contributed by atoms with Gasteiger partial charge in [0.05, 0.1) is 0 Å². The maximum absolute atomic E-state index is 11.9. The fraction of sp³-hybridized carbons (Fsp3) is 0.294. The van der Waals surface area contributed by atoms with Crippen LogP contribution in [0.4, 0.5) is 0 Å². The minimum atomic E-state index is -0.0672. The number of pyridine rings is 1. The second kappa shape index (κ2) is 7.43. The van der Waals surface area contributed by atoms with Crippen LogP contribution >= 0.6 is 0 Å². The van der Waals surface area contributed by atoms with Crippen molar-refractivity contribution >= 4 is 5.91 Å². The Kier molecular flexibility index (Phi) is 5.30. The summed E-state index contributed by atoms with van der Waals surface area (Å²) in [6.45, 7) is 2.75. The summed E-state index contributed by atoms with van der Waals surface area (Å²) in [5, 5.41) is 2.91. The summed E-state index contributed by atoms with van der Waals surface area (Å²) in [5.41, 5.74) is 3.11. The summed E-state index contributed by atoms with van der Waals surface area (Å²) in [7, 11) is 0. The first-order valence-corrected chi connectivity index (χ1v) is 7.05. The topological polar surface area (TPSA) is 42.0 Å². The molecule has 0 atom stereocenters. The van der Waals surface area contributed by atoms with Crippen LogP contribution in [0.25, 0.3) is 0 Å². The number of nitrogens with zero attached hydrogens (tertiary/aromatic N) is 1. The summed E-state index contributed by atoms with van der Waals surface area (Å²) in [5.74, 6) is -0.0672. The van der Waals surface area contributed by atoms with Crippen molar-refractivity contribution < 1.29 is 4.79 Å². The van der Waals surface area contributed by atoms with Gasteiger partial charge in [0.15, 0.2) is 0 Å². The lowest BCUT2D eigenvalue weighted by Crippen LogP contribution is -2.22. The monoisotopic (exact) mass is 268 g/mol. The van der Waals surface area contributed by atoms with Crippen LogP contribution in [-0.4, -0.2) is 10.9 Å². The minimum Gasteiger partial charge on any atom is -0.348 e. The van der Waals surface area contributed by atoms with E-state index in [0.717, 1.165) is 12.0 Å². The zero-order valence-electron chi connectivity index (χ0n) is 11.8. The number of aromatic nitrogens is 1. The summed E-state index contributed by atoms with van der Waals surface area (Å²) in [6, 6.07) is 11.9. The highest BCUT2D eigenvalue weighted by atomic mass is 16.1. The molecule has 0 unspecified atom stereocenters. The van der Waals surface area contributed by atoms with Crippen LogP contribution in [0.2, 0.25) is 0 Å². The third-order valence-corrected chi connectivity index (χ3v) is 3.24. The number of amides is 1. The van der Waals surface area contributed by atoms with Crippen LogP contribution in [0, 0.1) is 0 Å². The number of aryl methyl sites for hydroxylation is 1. The molecule has 3 heteroatoms. The fourth-order valence-corrected chi connectivity index (χ4v) is 1.99. The van der Waals surface area contributed by atoms with Gasteiger partial charge in [-0.25, -0.2) is 0 Å². The van der Waals surface area contributed by atoms with Crippen molar-refractivity contribution in [1.82, 2.24) is 10.3 Å². The molecule has 2 rings (SSSR count). The fourth-order valence-electron chi connectivity index (χ4n) is 1.99. The maximum Gasteiger partial charge on any atom is 0.251 e. The van der Waals surface area contributed by atoms with E-state index in [9.17, 15) is 4.79 Å². The van der Waals surface area contributed by atoms with Gasteiger partial charge in [0.1, 0.15) is 0 Å². The summed E-state index contributed by atoms with van der Waals surface area (Å²) in [6.07, 6.45) is 6.80. The zero-order valence-corrected chi connectivity index (χ0v) is 11.8. The molecule has 3 nitrogen and oxygen atoms in total. The van der Waals surface area contributed by atoms with Gasteiger partial charge in [-0.05, 0) is 36.1 Å². The van der Waals surface area contributed by atoms with Gasteiger partial charge in [0.25, 0.3) is 5.91 Å². The SMILES string of the molecule is CCCCc1ccc(CNC(=O)c2ccncc2)cc1. The Hall–Kier alpha value is -2.16. The lowest BCUT2D eigenvalue weighted by molar-refractivity contribution is 0.0951. The number of carbonyl (C=O) groups excluding carboxylic acids is 1. The molecule has 0 radical (unpaired) electrons. The number of carbonyl (C=O) groups is 1. The summed E-state index contributed by atoms with van der Waals surface area (Å²) in [4.78, 5) is 15.8. The van der Waals surface area contributed by atoms with Crippen LogP contribution in [-0.2, 0) is 13.0 Å². The van der Waals surface area contributed by atoms with E-state index in [1.54, 1.807) is 24.5 Å². The van der Waals surface area contributed by atoms with Crippen molar-refractivity contribution in [2.24, 2.45) is 0 Å². The van der Waals surface area contributed by atoms with E-state index in [-0.39, 0.29) is 5.91 Å². The first kappa shape index (κ1) is 14.3. The molecule has 1 aromatic carbocycles. The standard InChI is InChI=1S/C17H20N2O/c1-2-3-4-14-5-7-15(8-6-14)13-19-17(20)16-9-11-18-12-10-16/h5-12H,2-4,13H2,1H3,(H,19,20). The molecule has 1 N–H and O–H groups in total. The largest absolute Gasteiger partial charge is 0.348 e. The van der Waals surface area contributed by atoms with E-state index in [1.165, 1.54) is 18.4 Å². The quantitative estimate of drug-likeness (QED) is 0.873. The lowest BCUT2D eigenvalue weighted by atomic mass is 10.1. The molecule has 0 saturated carbocycles. The molecule has 2 aromatic rings. The third-order valence-electron chi connectivity index (χ3n) is 3.24. The zero-order chi connectivity index (χ0) is 14.2. The Morgan fingerprint density at radius 2 is 1.70 bits per heavy atom. The molecule has 1 heterocycles. The van der Waals surface area contributed by atoms with E-state index in [0.29, 0.717) is 12.1 Å². The predicted molar refractivity (Wildman–Crippen MR) is 80.5 cm³/mol. The van der Waals surface area contributed by atoms with Gasteiger partial charge >= 0.3 is 0 Å². The number of hydrogen-bond donors (Lipinski definition) is 1. The Morgan fingerprint density at radius 3 is 2.35 bits per heavy atom. The Morgan fingerprint density at radius 1 is 1.05 bits per heavy atom. The molecule has 0 fully saturated rings. The molecule has 1 amide bonds. The number of benzene rings is 1. The molecule has 104 valence electrons. The van der Waals surface area contributed by atoms with Crippen molar-refractivity contribution in [2.45, 2.75) is 32.7 Å². The number of nitrogens with one attached hydrogen (secondary N) is 1. The molecule has 0 aliphatic heterocycles. The van der Waals surface area contributed by atoms with Gasteiger partial charge in [-0.3, -0.25) is 9.78 Å². The highest BCUT2D eigenvalue weighted by Crippen LogP contribution is 2.08. The molecule has 0 saturated heterocycles. The van der Waals surface area contributed by atoms with Crippen LogP contribution in [0.3, 0.4) is 0 Å². The highest BCUT2D eigenvalue weighted by Gasteiger charge is 2.04. The molecule has 0 aliphatic carbocycles. The number of unbranched alkanes of at least 4 members (excludes halogenated alkanes) is 1. The van der Waals surface area contributed by atoms with Crippen molar-refractivity contribution in [3.63, 3.8) is 0 Å². The van der Waals surface area contributed by atoms with Crippen LogP contribution < -0.4 is 5.32 Å². The van der Waals surface area contributed by atoms with E-state index in [4.69, 9.17) is 0 Å². The van der Waals surface area contributed by atoms with Crippen LogP contribution in [0.15, 0.2) is 48.8 Å². The molecule has 0 bridgehead atoms. The van der Waals surface area contributed by atoms with E-state index >= 15 is 0 Å². The Balaban J connectivity index is 1.86. The normalized spacial score (nSPS) is 10.2. The van der Waals surface area contributed by atoms with Crippen molar-refractivity contribution in [3.05, 3.63) is 65.5 Å². The van der Waals surface area contributed by atoms with Gasteiger partial charge in [-0.2, -0.15) is 0 Å². The average molecular weight is 268 g/mol. The first-order chi connectivity index (χ1) is 9.79. The van der Waals surface area contributed by atoms with Crippen molar-refractivity contribution in [2.75, 3.05) is 0 Å². The van der Waals surface area contributed by atoms with Gasteiger partial charge in [0, 0.05) is 24.5 Å². The summed E-state index contributed by atoms with van der Waals surface area (Å²) < 4.78 is 0.